The molecule has 0 fully saturated rings. The summed E-state index contributed by atoms with van der Waals surface area (Å²) in [6.45, 7) is 7.85. The molecule has 0 amide bonds. The highest BCUT2D eigenvalue weighted by Crippen LogP contribution is 2.27. The minimum absolute atomic E-state index is 0.112. The summed E-state index contributed by atoms with van der Waals surface area (Å²) >= 11 is 1.44. The summed E-state index contributed by atoms with van der Waals surface area (Å²) in [6.07, 6.45) is 0. The highest BCUT2D eigenvalue weighted by atomic mass is 32.2. The number of benzene rings is 1. The van der Waals surface area contributed by atoms with Gasteiger partial charge in [-0.1, -0.05) is 30.0 Å². The van der Waals surface area contributed by atoms with Crippen molar-refractivity contribution in [3.05, 3.63) is 59.2 Å². The molecule has 0 aliphatic carbocycles. The van der Waals surface area contributed by atoms with Crippen LogP contribution < -0.4 is 0 Å². The molecule has 130 valence electrons. The average molecular weight is 354 g/mol. The van der Waals surface area contributed by atoms with Crippen LogP contribution in [0.2, 0.25) is 0 Å². The number of rotatable bonds is 5. The Bertz CT molecular complexity index is 911. The third-order valence-corrected chi connectivity index (χ3v) is 5.55. The highest BCUT2D eigenvalue weighted by molar-refractivity contribution is 8.00. The summed E-state index contributed by atoms with van der Waals surface area (Å²) < 4.78 is 4.03. The van der Waals surface area contributed by atoms with E-state index in [1.165, 1.54) is 11.8 Å². The van der Waals surface area contributed by atoms with Crippen molar-refractivity contribution in [1.82, 2.24) is 19.3 Å². The minimum Gasteiger partial charge on any atom is -0.318 e. The molecule has 0 saturated heterocycles. The molecular formula is C19H22N4OS. The van der Waals surface area contributed by atoms with Crippen LogP contribution in [0.4, 0.5) is 0 Å². The highest BCUT2D eigenvalue weighted by Gasteiger charge is 2.24. The molecule has 1 aromatic carbocycles. The van der Waals surface area contributed by atoms with E-state index >= 15 is 0 Å². The first-order valence-corrected chi connectivity index (χ1v) is 9.09. The van der Waals surface area contributed by atoms with Crippen LogP contribution in [-0.2, 0) is 7.05 Å². The molecule has 0 aliphatic rings. The van der Waals surface area contributed by atoms with Crippen LogP contribution in [-0.4, -0.2) is 30.4 Å². The topological polar surface area (TPSA) is 52.7 Å². The van der Waals surface area contributed by atoms with Gasteiger partial charge in [0.1, 0.15) is 5.82 Å². The number of aromatic nitrogens is 4. The maximum Gasteiger partial charge on any atom is 0.191 e. The Morgan fingerprint density at radius 3 is 2.40 bits per heavy atom. The second kappa shape index (κ2) is 6.88. The number of hydrogen-bond donors (Lipinski definition) is 0. The van der Waals surface area contributed by atoms with Gasteiger partial charge < -0.3 is 9.13 Å². The Hall–Kier alpha value is -2.34. The molecule has 0 unspecified atom stereocenters. The van der Waals surface area contributed by atoms with E-state index in [1.54, 1.807) is 0 Å². The largest absolute Gasteiger partial charge is 0.318 e. The van der Waals surface area contributed by atoms with Crippen LogP contribution in [0.3, 0.4) is 0 Å². The molecule has 0 saturated carbocycles. The Morgan fingerprint density at radius 2 is 1.80 bits per heavy atom. The SMILES string of the molecule is Cc1nnc(S[C@H](C)C(=O)c2cc(C)n(-c3ccccc3)c2C)n1C. The van der Waals surface area contributed by atoms with Gasteiger partial charge in [0.15, 0.2) is 10.9 Å². The molecule has 2 aromatic heterocycles. The van der Waals surface area contributed by atoms with E-state index in [4.69, 9.17) is 0 Å². The molecule has 3 aromatic rings. The van der Waals surface area contributed by atoms with E-state index in [0.29, 0.717) is 0 Å². The molecule has 25 heavy (non-hydrogen) atoms. The van der Waals surface area contributed by atoms with Gasteiger partial charge >= 0.3 is 0 Å². The molecule has 5 nitrogen and oxygen atoms in total. The van der Waals surface area contributed by atoms with E-state index in [0.717, 1.165) is 33.6 Å². The van der Waals surface area contributed by atoms with Gasteiger partial charge in [0, 0.05) is 29.7 Å². The van der Waals surface area contributed by atoms with Crippen LogP contribution in [0.5, 0.6) is 0 Å². The van der Waals surface area contributed by atoms with Crippen molar-refractivity contribution in [2.24, 2.45) is 7.05 Å². The number of para-hydroxylation sites is 1. The fraction of sp³-hybridized carbons (Fsp3) is 0.316. The van der Waals surface area contributed by atoms with Crippen molar-refractivity contribution in [2.45, 2.75) is 38.1 Å². The summed E-state index contributed by atoms with van der Waals surface area (Å²) in [6, 6.07) is 12.1. The first kappa shape index (κ1) is 17.5. The zero-order valence-corrected chi connectivity index (χ0v) is 16.0. The van der Waals surface area contributed by atoms with Crippen LogP contribution in [0.25, 0.3) is 5.69 Å². The molecule has 0 radical (unpaired) electrons. The molecule has 2 heterocycles. The number of thioether (sulfide) groups is 1. The van der Waals surface area contributed by atoms with E-state index in [1.807, 2.05) is 63.6 Å². The Balaban J connectivity index is 1.89. The summed E-state index contributed by atoms with van der Waals surface area (Å²) in [7, 11) is 1.91. The zero-order chi connectivity index (χ0) is 18.1. The van der Waals surface area contributed by atoms with Crippen LogP contribution in [0.1, 0.15) is 34.5 Å². The molecule has 0 aliphatic heterocycles. The zero-order valence-electron chi connectivity index (χ0n) is 15.1. The third kappa shape index (κ3) is 3.26. The fourth-order valence-electron chi connectivity index (χ4n) is 2.91. The lowest BCUT2D eigenvalue weighted by molar-refractivity contribution is 0.0993. The maximum atomic E-state index is 13.0. The molecule has 1 atom stereocenters. The lowest BCUT2D eigenvalue weighted by Crippen LogP contribution is -2.15. The number of carbonyl (C=O) groups is 1. The Kier molecular flexibility index (Phi) is 4.81. The van der Waals surface area contributed by atoms with Crippen LogP contribution >= 0.6 is 11.8 Å². The fourth-order valence-corrected chi connectivity index (χ4v) is 3.84. The molecule has 6 heteroatoms. The smallest absolute Gasteiger partial charge is 0.191 e. The lowest BCUT2D eigenvalue weighted by Gasteiger charge is -2.12. The molecule has 0 bridgehead atoms. The normalized spacial score (nSPS) is 12.4. The van der Waals surface area contributed by atoms with Gasteiger partial charge in [-0.25, -0.2) is 0 Å². The first-order valence-electron chi connectivity index (χ1n) is 8.21. The Labute approximate surface area is 152 Å². The quantitative estimate of drug-likeness (QED) is 0.515. The van der Waals surface area contributed by atoms with Crippen molar-refractivity contribution in [1.29, 1.82) is 0 Å². The van der Waals surface area contributed by atoms with Crippen molar-refractivity contribution in [3.8, 4) is 5.69 Å². The summed E-state index contributed by atoms with van der Waals surface area (Å²) in [4.78, 5) is 13.0. The predicted octanol–water partition coefficient (Wildman–Crippen LogP) is 3.89. The standard InChI is InChI=1S/C19H22N4OS/c1-12-11-17(13(2)23(12)16-9-7-6-8-10-16)18(24)14(3)25-19-21-20-15(4)22(19)5/h6-11,14H,1-5H3/t14-/m1/s1. The summed E-state index contributed by atoms with van der Waals surface area (Å²) in [5.41, 5.74) is 3.86. The van der Waals surface area contributed by atoms with Gasteiger partial charge in [0.25, 0.3) is 0 Å². The molecule has 0 N–H and O–H groups in total. The second-order valence-corrected chi connectivity index (χ2v) is 7.48. The first-order chi connectivity index (χ1) is 11.9. The second-order valence-electron chi connectivity index (χ2n) is 6.17. The summed E-state index contributed by atoms with van der Waals surface area (Å²) in [5, 5.41) is 8.73. The Morgan fingerprint density at radius 1 is 1.12 bits per heavy atom. The number of hydrogen-bond acceptors (Lipinski definition) is 4. The molecule has 3 rings (SSSR count). The van der Waals surface area contributed by atoms with Crippen molar-refractivity contribution < 1.29 is 4.79 Å². The lowest BCUT2D eigenvalue weighted by atomic mass is 10.1. The van der Waals surface area contributed by atoms with E-state index < -0.39 is 0 Å². The van der Waals surface area contributed by atoms with Crippen molar-refractivity contribution in [2.75, 3.05) is 0 Å². The van der Waals surface area contributed by atoms with Crippen LogP contribution in [0.15, 0.2) is 41.6 Å². The van der Waals surface area contributed by atoms with E-state index in [-0.39, 0.29) is 11.0 Å². The predicted molar refractivity (Wildman–Crippen MR) is 101 cm³/mol. The van der Waals surface area contributed by atoms with Gasteiger partial charge in [0.2, 0.25) is 0 Å². The van der Waals surface area contributed by atoms with Gasteiger partial charge in [-0.2, -0.15) is 0 Å². The van der Waals surface area contributed by atoms with Crippen molar-refractivity contribution in [3.63, 3.8) is 0 Å². The number of aryl methyl sites for hydroxylation is 2. The molecular weight excluding hydrogens is 332 g/mol. The number of nitrogens with zero attached hydrogens (tertiary/aromatic N) is 4. The molecule has 0 spiro atoms. The monoisotopic (exact) mass is 354 g/mol. The van der Waals surface area contributed by atoms with E-state index in [2.05, 4.69) is 26.9 Å². The van der Waals surface area contributed by atoms with Crippen LogP contribution in [0, 0.1) is 20.8 Å². The maximum absolute atomic E-state index is 13.0. The van der Waals surface area contributed by atoms with Gasteiger partial charge in [-0.15, -0.1) is 10.2 Å². The van der Waals surface area contributed by atoms with Gasteiger partial charge in [0.05, 0.1) is 5.25 Å². The van der Waals surface area contributed by atoms with Gasteiger partial charge in [-0.3, -0.25) is 4.79 Å². The number of carbonyl (C=O) groups excluding carboxylic acids is 1. The van der Waals surface area contributed by atoms with E-state index in [9.17, 15) is 4.79 Å². The number of Topliss-reactive ketones (excluding diaryl/α,β-unsaturated/α-hetero) is 1. The third-order valence-electron chi connectivity index (χ3n) is 4.42. The minimum atomic E-state index is -0.230. The summed E-state index contributed by atoms with van der Waals surface area (Å²) in [5.74, 6) is 0.949. The number of ketones is 1. The average Bonchev–Trinajstić information content (AvgIpc) is 3.08. The van der Waals surface area contributed by atoms with Crippen molar-refractivity contribution >= 4 is 17.5 Å². The van der Waals surface area contributed by atoms with Gasteiger partial charge in [-0.05, 0) is 45.9 Å².